The van der Waals surface area contributed by atoms with E-state index in [1.807, 2.05) is 18.2 Å². The smallest absolute Gasteiger partial charge is 0.256 e. The van der Waals surface area contributed by atoms with Crippen molar-refractivity contribution in [3.63, 3.8) is 0 Å². The number of nitrogens with one attached hydrogen (secondary N) is 1. The summed E-state index contributed by atoms with van der Waals surface area (Å²) in [7, 11) is 1.67. The van der Waals surface area contributed by atoms with Gasteiger partial charge in [0.25, 0.3) is 5.91 Å². The molecule has 1 saturated carbocycles. The molecule has 0 spiro atoms. The SMILES string of the molecule is COc1ccc(C(=O)Nc2c(Cl)cncc2Cl)c2c3ccccc3n(CC3CCCCC3)c12. The van der Waals surface area contributed by atoms with Gasteiger partial charge in [-0.3, -0.25) is 9.78 Å². The van der Waals surface area contributed by atoms with Crippen molar-refractivity contribution < 1.29 is 9.53 Å². The van der Waals surface area contributed by atoms with Crippen molar-refractivity contribution in [2.24, 2.45) is 5.92 Å². The van der Waals surface area contributed by atoms with Crippen LogP contribution in [-0.2, 0) is 6.54 Å². The summed E-state index contributed by atoms with van der Waals surface area (Å²) >= 11 is 12.5. The van der Waals surface area contributed by atoms with E-state index in [2.05, 4.69) is 27.0 Å². The lowest BCUT2D eigenvalue weighted by Gasteiger charge is -2.23. The van der Waals surface area contributed by atoms with Crippen LogP contribution in [0, 0.1) is 5.92 Å². The molecule has 0 bridgehead atoms. The van der Waals surface area contributed by atoms with E-state index < -0.39 is 0 Å². The summed E-state index contributed by atoms with van der Waals surface area (Å²) < 4.78 is 8.11. The number of benzene rings is 2. The summed E-state index contributed by atoms with van der Waals surface area (Å²) in [5.41, 5.74) is 2.96. The van der Waals surface area contributed by atoms with Crippen LogP contribution in [0.5, 0.6) is 5.75 Å². The van der Waals surface area contributed by atoms with Gasteiger partial charge in [-0.15, -0.1) is 0 Å². The lowest BCUT2D eigenvalue weighted by atomic mass is 9.89. The summed E-state index contributed by atoms with van der Waals surface area (Å²) in [6.07, 6.45) is 9.26. The van der Waals surface area contributed by atoms with Gasteiger partial charge in [0.2, 0.25) is 0 Å². The molecule has 1 fully saturated rings. The average molecular weight is 482 g/mol. The van der Waals surface area contributed by atoms with E-state index in [4.69, 9.17) is 27.9 Å². The Morgan fingerprint density at radius 3 is 2.55 bits per heavy atom. The van der Waals surface area contributed by atoms with Crippen LogP contribution >= 0.6 is 23.2 Å². The number of ether oxygens (including phenoxy) is 1. The Bertz CT molecular complexity index is 1320. The summed E-state index contributed by atoms with van der Waals surface area (Å²) in [6.45, 7) is 0.910. The van der Waals surface area contributed by atoms with Crippen molar-refractivity contribution in [3.05, 3.63) is 64.4 Å². The summed E-state index contributed by atoms with van der Waals surface area (Å²) in [6, 6.07) is 11.9. The van der Waals surface area contributed by atoms with Gasteiger partial charge in [0, 0.05) is 40.8 Å². The number of para-hydroxylation sites is 1. The zero-order valence-electron chi connectivity index (χ0n) is 18.4. The molecule has 0 saturated heterocycles. The van der Waals surface area contributed by atoms with Gasteiger partial charge in [-0.05, 0) is 37.0 Å². The fraction of sp³-hybridized carbons (Fsp3) is 0.308. The molecule has 1 aliphatic carbocycles. The maximum absolute atomic E-state index is 13.5. The number of anilines is 1. The number of fused-ring (bicyclic) bond motifs is 3. The van der Waals surface area contributed by atoms with Crippen LogP contribution < -0.4 is 10.1 Å². The molecule has 7 heteroatoms. The number of carbonyl (C=O) groups excluding carboxylic acids is 1. The molecule has 2 heterocycles. The first-order valence-corrected chi connectivity index (χ1v) is 12.0. The van der Waals surface area contributed by atoms with Crippen molar-refractivity contribution in [1.82, 2.24) is 9.55 Å². The minimum atomic E-state index is -0.279. The van der Waals surface area contributed by atoms with Crippen molar-refractivity contribution >= 4 is 56.6 Å². The number of nitrogens with zero attached hydrogens (tertiary/aromatic N) is 2. The minimum absolute atomic E-state index is 0.279. The van der Waals surface area contributed by atoms with Gasteiger partial charge in [-0.2, -0.15) is 0 Å². The standard InChI is InChI=1S/C26H25Cl2N3O2/c1-33-22-12-11-18(26(32)30-24-19(27)13-29-14-20(24)28)23-17-9-5-6-10-21(17)31(25(22)23)15-16-7-3-2-4-8-16/h5-6,9-14,16H,2-4,7-8,15H2,1H3,(H,29,30,32). The Labute approximate surface area is 202 Å². The molecular formula is C26H25Cl2N3O2. The first kappa shape index (κ1) is 22.1. The normalized spacial score (nSPS) is 14.6. The van der Waals surface area contributed by atoms with Crippen molar-refractivity contribution in [1.29, 1.82) is 0 Å². The maximum Gasteiger partial charge on any atom is 0.256 e. The second kappa shape index (κ2) is 9.24. The van der Waals surface area contributed by atoms with E-state index in [0.29, 0.717) is 27.2 Å². The van der Waals surface area contributed by atoms with Crippen molar-refractivity contribution in [3.8, 4) is 5.75 Å². The van der Waals surface area contributed by atoms with E-state index in [1.165, 1.54) is 44.5 Å². The van der Waals surface area contributed by atoms with Crippen LogP contribution in [-0.4, -0.2) is 22.6 Å². The molecular weight excluding hydrogens is 457 g/mol. The molecule has 33 heavy (non-hydrogen) atoms. The second-order valence-corrected chi connectivity index (χ2v) is 9.42. The molecule has 0 unspecified atom stereocenters. The molecule has 1 amide bonds. The quantitative estimate of drug-likeness (QED) is 0.324. The van der Waals surface area contributed by atoms with Gasteiger partial charge in [-0.25, -0.2) is 0 Å². The monoisotopic (exact) mass is 481 g/mol. The molecule has 0 radical (unpaired) electrons. The number of aromatic nitrogens is 2. The molecule has 170 valence electrons. The third kappa shape index (κ3) is 4.04. The second-order valence-electron chi connectivity index (χ2n) is 8.60. The van der Waals surface area contributed by atoms with Crippen LogP contribution in [0.2, 0.25) is 10.0 Å². The Morgan fingerprint density at radius 1 is 1.09 bits per heavy atom. The largest absolute Gasteiger partial charge is 0.495 e. The van der Waals surface area contributed by atoms with E-state index in [-0.39, 0.29) is 5.91 Å². The summed E-state index contributed by atoms with van der Waals surface area (Å²) in [5, 5.41) is 5.37. The Hall–Kier alpha value is -2.76. The Kier molecular flexibility index (Phi) is 6.17. The van der Waals surface area contributed by atoms with Gasteiger partial charge >= 0.3 is 0 Å². The fourth-order valence-corrected chi connectivity index (χ4v) is 5.50. The molecule has 0 atom stereocenters. The average Bonchev–Trinajstić information content (AvgIpc) is 3.16. The summed E-state index contributed by atoms with van der Waals surface area (Å²) in [4.78, 5) is 17.4. The summed E-state index contributed by atoms with van der Waals surface area (Å²) in [5.74, 6) is 1.10. The predicted octanol–water partition coefficient (Wildman–Crippen LogP) is 7.34. The zero-order valence-corrected chi connectivity index (χ0v) is 19.9. The van der Waals surface area contributed by atoms with E-state index >= 15 is 0 Å². The minimum Gasteiger partial charge on any atom is -0.495 e. The van der Waals surface area contributed by atoms with Crippen molar-refractivity contribution in [2.45, 2.75) is 38.6 Å². The molecule has 4 aromatic rings. The maximum atomic E-state index is 13.5. The third-order valence-electron chi connectivity index (χ3n) is 6.60. The lowest BCUT2D eigenvalue weighted by molar-refractivity contribution is 0.102. The molecule has 2 aromatic carbocycles. The zero-order chi connectivity index (χ0) is 22.9. The Morgan fingerprint density at radius 2 is 1.82 bits per heavy atom. The van der Waals surface area contributed by atoms with Gasteiger partial charge in [0.15, 0.2) is 0 Å². The number of pyridine rings is 1. The number of carbonyl (C=O) groups is 1. The van der Waals surface area contributed by atoms with Crippen LogP contribution in [0.1, 0.15) is 42.5 Å². The van der Waals surface area contributed by atoms with Gasteiger partial charge in [-0.1, -0.05) is 60.7 Å². The highest BCUT2D eigenvalue weighted by molar-refractivity contribution is 6.40. The van der Waals surface area contributed by atoms with Crippen LogP contribution in [0.3, 0.4) is 0 Å². The number of rotatable bonds is 5. The fourth-order valence-electron chi connectivity index (χ4n) is 5.04. The van der Waals surface area contributed by atoms with Crippen LogP contribution in [0.15, 0.2) is 48.8 Å². The van der Waals surface area contributed by atoms with Gasteiger partial charge in [0.05, 0.1) is 28.4 Å². The highest BCUT2D eigenvalue weighted by Gasteiger charge is 2.24. The number of amides is 1. The Balaban J connectivity index is 1.68. The first-order valence-electron chi connectivity index (χ1n) is 11.3. The first-order chi connectivity index (χ1) is 16.1. The van der Waals surface area contributed by atoms with E-state index in [1.54, 1.807) is 13.2 Å². The van der Waals surface area contributed by atoms with Gasteiger partial charge < -0.3 is 14.6 Å². The van der Waals surface area contributed by atoms with E-state index in [0.717, 1.165) is 34.1 Å². The highest BCUT2D eigenvalue weighted by atomic mass is 35.5. The molecule has 1 aliphatic rings. The molecule has 0 aliphatic heterocycles. The number of methoxy groups -OCH3 is 1. The molecule has 5 nitrogen and oxygen atoms in total. The van der Waals surface area contributed by atoms with Crippen molar-refractivity contribution in [2.75, 3.05) is 12.4 Å². The van der Waals surface area contributed by atoms with Gasteiger partial charge in [0.1, 0.15) is 5.75 Å². The topological polar surface area (TPSA) is 56.1 Å². The number of halogens is 2. The third-order valence-corrected chi connectivity index (χ3v) is 7.17. The highest BCUT2D eigenvalue weighted by Crippen LogP contribution is 2.39. The van der Waals surface area contributed by atoms with E-state index in [9.17, 15) is 4.79 Å². The molecule has 2 aromatic heterocycles. The number of hydrogen-bond donors (Lipinski definition) is 1. The van der Waals surface area contributed by atoms with Crippen LogP contribution in [0.25, 0.3) is 21.8 Å². The van der Waals surface area contributed by atoms with Crippen LogP contribution in [0.4, 0.5) is 5.69 Å². The molecule has 5 rings (SSSR count). The predicted molar refractivity (Wildman–Crippen MR) is 135 cm³/mol. The lowest BCUT2D eigenvalue weighted by Crippen LogP contribution is -2.15. The number of hydrogen-bond acceptors (Lipinski definition) is 3. The molecule has 1 N–H and O–H groups in total.